The molecule has 0 amide bonds. The zero-order chi connectivity index (χ0) is 14.6. The third kappa shape index (κ3) is 4.05. The van der Waals surface area contributed by atoms with Crippen LogP contribution >= 0.6 is 11.6 Å². The summed E-state index contributed by atoms with van der Waals surface area (Å²) in [6, 6.07) is 3.90. The molecule has 0 heterocycles. The van der Waals surface area contributed by atoms with E-state index in [4.69, 9.17) is 11.6 Å². The zero-order valence-electron chi connectivity index (χ0n) is 11.3. The Morgan fingerprint density at radius 1 is 1.10 bits per heavy atom. The van der Waals surface area contributed by atoms with E-state index in [1.165, 1.54) is 37.8 Å². The molecule has 112 valence electrons. The van der Waals surface area contributed by atoms with Gasteiger partial charge in [0.1, 0.15) is 0 Å². The molecule has 1 aliphatic carbocycles. The third-order valence-electron chi connectivity index (χ3n) is 3.86. The highest BCUT2D eigenvalue weighted by atomic mass is 35.5. The highest BCUT2D eigenvalue weighted by Gasteiger charge is 2.34. The number of nitrogens with one attached hydrogen (secondary N) is 1. The summed E-state index contributed by atoms with van der Waals surface area (Å²) in [5.41, 5.74) is -0.662. The smallest absolute Gasteiger partial charge is 0.383 e. The van der Waals surface area contributed by atoms with Crippen molar-refractivity contribution in [2.24, 2.45) is 5.92 Å². The molecule has 1 aromatic rings. The molecule has 1 aliphatic rings. The minimum atomic E-state index is -4.38. The molecule has 0 aromatic heterocycles. The molecule has 1 fully saturated rings. The summed E-state index contributed by atoms with van der Waals surface area (Å²) < 4.78 is 38.9. The Balaban J connectivity index is 2.08. The summed E-state index contributed by atoms with van der Waals surface area (Å²) in [5.74, 6) is 0.440. The predicted octanol–water partition coefficient (Wildman–Crippen LogP) is 5.74. The molecule has 0 aliphatic heterocycles. The molecule has 0 atom stereocenters. The number of hydrogen-bond donors (Lipinski definition) is 1. The topological polar surface area (TPSA) is 12.0 Å². The van der Waals surface area contributed by atoms with Gasteiger partial charge < -0.3 is 5.32 Å². The first-order valence-electron chi connectivity index (χ1n) is 7.08. The fraction of sp³-hybridized carbons (Fsp3) is 0.600. The molecule has 1 saturated carbocycles. The summed E-state index contributed by atoms with van der Waals surface area (Å²) in [5, 5.41) is 3.07. The van der Waals surface area contributed by atoms with Gasteiger partial charge in [-0.2, -0.15) is 13.2 Å². The highest BCUT2D eigenvalue weighted by molar-refractivity contribution is 6.33. The fourth-order valence-electron chi connectivity index (χ4n) is 2.75. The number of para-hydroxylation sites is 1. The Labute approximate surface area is 122 Å². The first-order valence-corrected chi connectivity index (χ1v) is 7.46. The van der Waals surface area contributed by atoms with Crippen molar-refractivity contribution in [3.05, 3.63) is 28.8 Å². The Morgan fingerprint density at radius 2 is 1.75 bits per heavy atom. The number of anilines is 1. The molecule has 1 nitrogen and oxygen atoms in total. The van der Waals surface area contributed by atoms with Gasteiger partial charge in [0.05, 0.1) is 16.3 Å². The van der Waals surface area contributed by atoms with Crippen molar-refractivity contribution in [2.45, 2.75) is 44.7 Å². The van der Waals surface area contributed by atoms with E-state index < -0.39 is 11.7 Å². The largest absolute Gasteiger partial charge is 0.418 e. The Hall–Kier alpha value is -0.900. The maximum atomic E-state index is 13.0. The van der Waals surface area contributed by atoms with Crippen molar-refractivity contribution in [2.75, 3.05) is 11.9 Å². The SMILES string of the molecule is FC(F)(F)c1cccc(Cl)c1NCC1CCCCCC1. The molecule has 0 radical (unpaired) electrons. The molecule has 1 aromatic carbocycles. The van der Waals surface area contributed by atoms with Gasteiger partial charge in [-0.15, -0.1) is 0 Å². The van der Waals surface area contributed by atoms with Gasteiger partial charge in [0.15, 0.2) is 0 Å². The van der Waals surface area contributed by atoms with Gasteiger partial charge in [-0.3, -0.25) is 0 Å². The Kier molecular flexibility index (Phi) is 5.19. The van der Waals surface area contributed by atoms with E-state index >= 15 is 0 Å². The van der Waals surface area contributed by atoms with Crippen LogP contribution in [0.4, 0.5) is 18.9 Å². The number of benzene rings is 1. The van der Waals surface area contributed by atoms with Gasteiger partial charge in [0, 0.05) is 6.54 Å². The van der Waals surface area contributed by atoms with Crippen molar-refractivity contribution in [3.8, 4) is 0 Å². The van der Waals surface area contributed by atoms with E-state index in [1.54, 1.807) is 0 Å². The Morgan fingerprint density at radius 3 is 2.35 bits per heavy atom. The normalized spacial score (nSPS) is 17.8. The minimum absolute atomic E-state index is 0.0194. The summed E-state index contributed by atoms with van der Waals surface area (Å²) in [7, 11) is 0. The van der Waals surface area contributed by atoms with Crippen LogP contribution in [0.1, 0.15) is 44.1 Å². The lowest BCUT2D eigenvalue weighted by atomic mass is 10.00. The molecule has 0 bridgehead atoms. The van der Waals surface area contributed by atoms with E-state index in [1.807, 2.05) is 0 Å². The lowest BCUT2D eigenvalue weighted by Crippen LogP contribution is -2.17. The van der Waals surface area contributed by atoms with Crippen molar-refractivity contribution < 1.29 is 13.2 Å². The molecule has 0 spiro atoms. The molecule has 2 rings (SSSR count). The molecule has 5 heteroatoms. The van der Waals surface area contributed by atoms with Crippen LogP contribution in [0.15, 0.2) is 18.2 Å². The second-order valence-corrected chi connectivity index (χ2v) is 5.81. The maximum Gasteiger partial charge on any atom is 0.418 e. The van der Waals surface area contributed by atoms with Crippen LogP contribution in [-0.4, -0.2) is 6.54 Å². The standard InChI is InChI=1S/C15H19ClF3N/c16-13-9-5-8-12(15(17,18)19)14(13)20-10-11-6-3-1-2-4-7-11/h5,8-9,11,20H,1-4,6-7,10H2. The predicted molar refractivity (Wildman–Crippen MR) is 76.1 cm³/mol. The molecule has 0 saturated heterocycles. The second kappa shape index (κ2) is 6.70. The monoisotopic (exact) mass is 305 g/mol. The number of hydrogen-bond acceptors (Lipinski definition) is 1. The van der Waals surface area contributed by atoms with Crippen LogP contribution in [0.2, 0.25) is 5.02 Å². The highest BCUT2D eigenvalue weighted by Crippen LogP contribution is 2.38. The molecule has 20 heavy (non-hydrogen) atoms. The lowest BCUT2D eigenvalue weighted by molar-refractivity contribution is -0.136. The first-order chi connectivity index (χ1) is 9.48. The van der Waals surface area contributed by atoms with Crippen LogP contribution < -0.4 is 5.32 Å². The van der Waals surface area contributed by atoms with Crippen LogP contribution in [-0.2, 0) is 6.18 Å². The zero-order valence-corrected chi connectivity index (χ0v) is 12.0. The van der Waals surface area contributed by atoms with E-state index in [0.717, 1.165) is 18.9 Å². The first kappa shape index (κ1) is 15.5. The van der Waals surface area contributed by atoms with E-state index in [0.29, 0.717) is 12.5 Å². The van der Waals surface area contributed by atoms with Crippen LogP contribution in [0.25, 0.3) is 0 Å². The summed E-state index contributed by atoms with van der Waals surface area (Å²) in [6.07, 6.45) is 2.59. The third-order valence-corrected chi connectivity index (χ3v) is 4.18. The number of rotatable bonds is 3. The fourth-order valence-corrected chi connectivity index (χ4v) is 3.00. The van der Waals surface area contributed by atoms with E-state index in [2.05, 4.69) is 5.32 Å². The number of alkyl halides is 3. The van der Waals surface area contributed by atoms with E-state index in [-0.39, 0.29) is 10.7 Å². The molecular formula is C15H19ClF3N. The molecule has 0 unspecified atom stereocenters. The average Bonchev–Trinajstić information content (AvgIpc) is 2.64. The van der Waals surface area contributed by atoms with Crippen molar-refractivity contribution in [1.82, 2.24) is 0 Å². The quantitative estimate of drug-likeness (QED) is 0.702. The summed E-state index contributed by atoms with van der Waals surface area (Å²) >= 11 is 5.92. The maximum absolute atomic E-state index is 13.0. The van der Waals surface area contributed by atoms with Crippen molar-refractivity contribution in [1.29, 1.82) is 0 Å². The Bertz CT molecular complexity index is 437. The second-order valence-electron chi connectivity index (χ2n) is 5.40. The minimum Gasteiger partial charge on any atom is -0.383 e. The van der Waals surface area contributed by atoms with Crippen molar-refractivity contribution in [3.63, 3.8) is 0 Å². The van der Waals surface area contributed by atoms with Crippen LogP contribution in [0.5, 0.6) is 0 Å². The number of halogens is 4. The van der Waals surface area contributed by atoms with Gasteiger partial charge in [0.2, 0.25) is 0 Å². The van der Waals surface area contributed by atoms with Crippen molar-refractivity contribution >= 4 is 17.3 Å². The molecular weight excluding hydrogens is 287 g/mol. The van der Waals surface area contributed by atoms with Crippen LogP contribution in [0, 0.1) is 5.92 Å². The van der Waals surface area contributed by atoms with Gasteiger partial charge in [-0.05, 0) is 30.9 Å². The average molecular weight is 306 g/mol. The van der Waals surface area contributed by atoms with Gasteiger partial charge in [0.25, 0.3) is 0 Å². The van der Waals surface area contributed by atoms with Crippen LogP contribution in [0.3, 0.4) is 0 Å². The van der Waals surface area contributed by atoms with Gasteiger partial charge >= 0.3 is 6.18 Å². The van der Waals surface area contributed by atoms with Gasteiger partial charge in [-0.1, -0.05) is 43.4 Å². The summed E-state index contributed by atoms with van der Waals surface area (Å²) in [4.78, 5) is 0. The van der Waals surface area contributed by atoms with E-state index in [9.17, 15) is 13.2 Å². The summed E-state index contributed by atoms with van der Waals surface area (Å²) in [6.45, 7) is 0.562. The lowest BCUT2D eigenvalue weighted by Gasteiger charge is -2.20. The van der Waals surface area contributed by atoms with Gasteiger partial charge in [-0.25, -0.2) is 0 Å². The molecule has 1 N–H and O–H groups in total.